The van der Waals surface area contributed by atoms with E-state index in [4.69, 9.17) is 18.3 Å². The van der Waals surface area contributed by atoms with Gasteiger partial charge in [0.25, 0.3) is 0 Å². The van der Waals surface area contributed by atoms with Crippen molar-refractivity contribution in [2.45, 2.75) is 40.5 Å². The molecule has 9 heteroatoms. The molecule has 0 fully saturated rings. The Balaban J connectivity index is 0.000000161. The van der Waals surface area contributed by atoms with Crippen LogP contribution in [0.5, 0.6) is 11.5 Å². The van der Waals surface area contributed by atoms with Crippen LogP contribution in [-0.2, 0) is 17.1 Å². The summed E-state index contributed by atoms with van der Waals surface area (Å²) in [5.41, 5.74) is 6.77. The van der Waals surface area contributed by atoms with Crippen molar-refractivity contribution in [1.29, 1.82) is 0 Å². The molecule has 0 saturated carbocycles. The van der Waals surface area contributed by atoms with Crippen LogP contribution in [-0.4, -0.2) is 9.97 Å². The first-order valence-electron chi connectivity index (χ1n) is 15.7. The molecule has 2 atom stereocenters. The number of benzene rings is 4. The van der Waals surface area contributed by atoms with Gasteiger partial charge in [-0.05, 0) is 61.1 Å². The van der Waals surface area contributed by atoms with E-state index < -0.39 is 0 Å². The van der Waals surface area contributed by atoms with Crippen molar-refractivity contribution in [1.82, 2.24) is 9.97 Å². The summed E-state index contributed by atoms with van der Waals surface area (Å²) in [4.78, 5) is 9.25. The Labute approximate surface area is 284 Å². The third kappa shape index (κ3) is 6.37. The maximum atomic E-state index is 5.96. The largest absolute Gasteiger partial charge is 2.00 e. The fourth-order valence-corrected chi connectivity index (χ4v) is 5.38. The molecule has 2 aliphatic rings. The summed E-state index contributed by atoms with van der Waals surface area (Å²) >= 11 is 0. The second-order valence-corrected chi connectivity index (χ2v) is 11.4. The number of nitrogens with zero attached hydrogens (tertiary/aromatic N) is 4. The Kier molecular flexibility index (Phi) is 9.38. The molecule has 6 aromatic rings. The summed E-state index contributed by atoms with van der Waals surface area (Å²) in [6.07, 6.45) is 1.90. The molecule has 4 aromatic carbocycles. The molecule has 0 aliphatic carbocycles. The average molecular weight is 674 g/mol. The number of rotatable bonds is 6. The molecular formula is C38H34CuN4O4. The Morgan fingerprint density at radius 1 is 0.574 bits per heavy atom. The Morgan fingerprint density at radius 3 is 1.34 bits per heavy atom. The van der Waals surface area contributed by atoms with Crippen LogP contribution in [0.2, 0.25) is 0 Å². The Hall–Kier alpha value is -4.98. The molecule has 1 radical (unpaired) electrons. The van der Waals surface area contributed by atoms with Gasteiger partial charge in [-0.1, -0.05) is 99.7 Å². The summed E-state index contributed by atoms with van der Waals surface area (Å²) in [5, 5.41) is 9.25. The smallest absolute Gasteiger partial charge is 0.624 e. The van der Waals surface area contributed by atoms with Crippen molar-refractivity contribution >= 4 is 44.7 Å². The topological polar surface area (TPSA) is 98.7 Å². The van der Waals surface area contributed by atoms with Crippen molar-refractivity contribution in [3.63, 3.8) is 0 Å². The third-order valence-corrected chi connectivity index (χ3v) is 8.31. The zero-order valence-corrected chi connectivity index (χ0v) is 27.5. The summed E-state index contributed by atoms with van der Waals surface area (Å²) < 4.78 is 23.8. The molecule has 2 unspecified atom stereocenters. The second kappa shape index (κ2) is 13.8. The van der Waals surface area contributed by atoms with Crippen LogP contribution >= 0.6 is 0 Å². The number of hydrogen-bond donors (Lipinski definition) is 0. The van der Waals surface area contributed by atoms with Gasteiger partial charge in [0, 0.05) is 22.9 Å². The predicted molar refractivity (Wildman–Crippen MR) is 181 cm³/mol. The second-order valence-electron chi connectivity index (χ2n) is 11.4. The molecular weight excluding hydrogens is 640 g/mol. The quantitative estimate of drug-likeness (QED) is 0.163. The number of oxazole rings is 2. The van der Waals surface area contributed by atoms with E-state index in [1.165, 1.54) is 0 Å². The van der Waals surface area contributed by atoms with Crippen LogP contribution in [0.3, 0.4) is 0 Å². The van der Waals surface area contributed by atoms with Gasteiger partial charge in [-0.25, -0.2) is 9.97 Å². The van der Waals surface area contributed by atoms with E-state index in [0.29, 0.717) is 23.5 Å². The van der Waals surface area contributed by atoms with E-state index in [2.05, 4.69) is 48.3 Å². The molecule has 2 aliphatic heterocycles. The van der Waals surface area contributed by atoms with Gasteiger partial charge >= 0.3 is 17.1 Å². The summed E-state index contributed by atoms with van der Waals surface area (Å²) in [6, 6.07) is 31.1. The van der Waals surface area contributed by atoms with Crippen LogP contribution < -0.4 is 9.47 Å². The van der Waals surface area contributed by atoms with E-state index in [1.54, 1.807) is 0 Å². The van der Waals surface area contributed by atoms with E-state index >= 15 is 0 Å². The van der Waals surface area contributed by atoms with E-state index in [0.717, 1.165) is 69.1 Å². The fraction of sp³-hybridized carbons (Fsp3) is 0.211. The molecule has 0 N–H and O–H groups in total. The number of para-hydroxylation sites is 8. The van der Waals surface area contributed by atoms with Crippen molar-refractivity contribution in [2.24, 2.45) is 11.8 Å². The standard InChI is InChI=1S/2C19H17N2O2.Cu/c2*1-3-12(2)17(18-20-13-8-4-6-10-15(13)22-18)19-21-14-9-5-7-11-16(14)23-19;/h2*4-12H,3H2,1-2H3;/q2*-1;+2/b2*18-17+;. The maximum Gasteiger partial charge on any atom is 2.00 e. The molecule has 8 nitrogen and oxygen atoms in total. The summed E-state index contributed by atoms with van der Waals surface area (Å²) in [7, 11) is 0. The SMILES string of the molecule is CCC(C)/C(=C1/[N-]c2ccccc2O1)c1nc2ccccc2o1.CCC(C)/C(=C1/[N-]c2ccccc2O1)c1nc2ccccc2o1.[Cu+2]. The predicted octanol–water partition coefficient (Wildman–Crippen LogP) is 11.3. The van der Waals surface area contributed by atoms with E-state index in [1.807, 2.05) is 97.1 Å². The van der Waals surface area contributed by atoms with Gasteiger partial charge < -0.3 is 28.9 Å². The normalized spacial score (nSPS) is 16.3. The minimum absolute atomic E-state index is 0. The van der Waals surface area contributed by atoms with Crippen molar-refractivity contribution in [3.8, 4) is 11.5 Å². The molecule has 0 amide bonds. The van der Waals surface area contributed by atoms with Gasteiger partial charge in [-0.2, -0.15) is 0 Å². The first-order valence-corrected chi connectivity index (χ1v) is 15.7. The van der Waals surface area contributed by atoms with Crippen molar-refractivity contribution in [2.75, 3.05) is 0 Å². The monoisotopic (exact) mass is 673 g/mol. The Bertz CT molecular complexity index is 1830. The molecule has 0 saturated heterocycles. The molecule has 2 aromatic heterocycles. The minimum Gasteiger partial charge on any atom is -0.624 e. The molecule has 0 bridgehead atoms. The fourth-order valence-electron chi connectivity index (χ4n) is 5.38. The van der Waals surface area contributed by atoms with Gasteiger partial charge in [0.15, 0.2) is 11.2 Å². The van der Waals surface area contributed by atoms with Crippen LogP contribution in [0.25, 0.3) is 44.0 Å². The van der Waals surface area contributed by atoms with Gasteiger partial charge in [0.05, 0.1) is 0 Å². The molecule has 8 rings (SSSR count). The van der Waals surface area contributed by atoms with Gasteiger partial charge in [0.1, 0.15) is 22.5 Å². The van der Waals surface area contributed by atoms with E-state index in [9.17, 15) is 0 Å². The summed E-state index contributed by atoms with van der Waals surface area (Å²) in [6.45, 7) is 8.55. The van der Waals surface area contributed by atoms with Gasteiger partial charge in [0.2, 0.25) is 11.8 Å². The average Bonchev–Trinajstić information content (AvgIpc) is 3.88. The van der Waals surface area contributed by atoms with Gasteiger partial charge in [-0.15, -0.1) is 0 Å². The van der Waals surface area contributed by atoms with Crippen LogP contribution in [0.1, 0.15) is 52.3 Å². The first kappa shape index (κ1) is 32.0. The van der Waals surface area contributed by atoms with Crippen molar-refractivity contribution < 1.29 is 35.4 Å². The zero-order chi connectivity index (χ0) is 31.6. The number of allylic oxidation sites excluding steroid dienone is 2. The number of hydrogen-bond acceptors (Lipinski definition) is 6. The molecule has 0 spiro atoms. The van der Waals surface area contributed by atoms with Crippen LogP contribution in [0.4, 0.5) is 11.4 Å². The number of fused-ring (bicyclic) bond motifs is 4. The number of ether oxygens (including phenoxy) is 2. The Morgan fingerprint density at radius 2 is 0.957 bits per heavy atom. The third-order valence-electron chi connectivity index (χ3n) is 8.31. The number of aromatic nitrogens is 2. The zero-order valence-electron chi connectivity index (χ0n) is 26.5. The molecule has 4 heterocycles. The molecule has 47 heavy (non-hydrogen) atoms. The van der Waals surface area contributed by atoms with Crippen molar-refractivity contribution in [3.05, 3.63) is 131 Å². The minimum atomic E-state index is 0. The maximum absolute atomic E-state index is 5.96. The van der Waals surface area contributed by atoms with Gasteiger partial charge in [-0.3, -0.25) is 0 Å². The first-order chi connectivity index (χ1) is 22.5. The molecule has 241 valence electrons. The van der Waals surface area contributed by atoms with Crippen LogP contribution in [0.15, 0.2) is 118 Å². The van der Waals surface area contributed by atoms with E-state index in [-0.39, 0.29) is 28.9 Å². The summed E-state index contributed by atoms with van der Waals surface area (Å²) in [5.74, 6) is 4.38. The van der Waals surface area contributed by atoms with Crippen LogP contribution in [0, 0.1) is 11.8 Å².